The van der Waals surface area contributed by atoms with Crippen molar-refractivity contribution in [3.8, 4) is 73.2 Å². The molecule has 4 nitrogen and oxygen atoms in total. The molecule has 0 radical (unpaired) electrons. The monoisotopic (exact) mass is 742 g/mol. The molecule has 58 heavy (non-hydrogen) atoms. The Hall–Kier alpha value is -7.43. The molecule has 3 aromatic heterocycles. The molecule has 0 spiro atoms. The second-order valence-electron chi connectivity index (χ2n) is 15.7. The van der Waals surface area contributed by atoms with E-state index in [4.69, 9.17) is 15.0 Å². The SMILES string of the molecule is CC1(C)c2ccccc2-c2ccc(-c3cc(-c4cccc(-c5cc(-c6ccccc6)nc(-c6ccccc6)n5)n4)cc(-n4c5ccccc5c5ccccc54)c3)cc21. The smallest absolute Gasteiger partial charge is 0.160 e. The fourth-order valence-corrected chi connectivity index (χ4v) is 8.93. The second-order valence-corrected chi connectivity index (χ2v) is 15.7. The number of hydrogen-bond donors (Lipinski definition) is 0. The highest BCUT2D eigenvalue weighted by molar-refractivity contribution is 6.09. The third-order valence-electron chi connectivity index (χ3n) is 11.8. The summed E-state index contributed by atoms with van der Waals surface area (Å²) in [6.45, 7) is 4.69. The van der Waals surface area contributed by atoms with Gasteiger partial charge in [0.2, 0.25) is 0 Å². The van der Waals surface area contributed by atoms with Crippen LogP contribution in [0.5, 0.6) is 0 Å². The maximum Gasteiger partial charge on any atom is 0.160 e. The molecule has 0 amide bonds. The number of aromatic nitrogens is 4. The normalized spacial score (nSPS) is 12.8. The van der Waals surface area contributed by atoms with E-state index >= 15 is 0 Å². The van der Waals surface area contributed by atoms with E-state index < -0.39 is 0 Å². The number of para-hydroxylation sites is 2. The minimum atomic E-state index is -0.111. The molecular formula is C54H38N4. The lowest BCUT2D eigenvalue weighted by Gasteiger charge is -2.22. The molecule has 10 aromatic rings. The lowest BCUT2D eigenvalue weighted by Crippen LogP contribution is -2.14. The number of benzene rings is 7. The van der Waals surface area contributed by atoms with E-state index in [1.54, 1.807) is 0 Å². The van der Waals surface area contributed by atoms with Gasteiger partial charge in [0.05, 0.1) is 33.8 Å². The van der Waals surface area contributed by atoms with E-state index in [0.717, 1.165) is 50.7 Å². The van der Waals surface area contributed by atoms with Gasteiger partial charge in [-0.2, -0.15) is 0 Å². The predicted octanol–water partition coefficient (Wildman–Crippen LogP) is 13.6. The summed E-state index contributed by atoms with van der Waals surface area (Å²) in [6, 6.07) is 68.9. The van der Waals surface area contributed by atoms with Crippen molar-refractivity contribution in [2.24, 2.45) is 0 Å². The highest BCUT2D eigenvalue weighted by atomic mass is 15.0. The van der Waals surface area contributed by atoms with Gasteiger partial charge in [-0.1, -0.05) is 153 Å². The molecule has 0 N–H and O–H groups in total. The molecular weight excluding hydrogens is 705 g/mol. The van der Waals surface area contributed by atoms with Crippen LogP contribution in [0.2, 0.25) is 0 Å². The van der Waals surface area contributed by atoms with Crippen LogP contribution in [0, 0.1) is 0 Å². The number of rotatable bonds is 6. The number of pyridine rings is 1. The average molecular weight is 743 g/mol. The topological polar surface area (TPSA) is 43.6 Å². The summed E-state index contributed by atoms with van der Waals surface area (Å²) in [4.78, 5) is 15.5. The number of fused-ring (bicyclic) bond motifs is 6. The van der Waals surface area contributed by atoms with Gasteiger partial charge in [0.15, 0.2) is 5.82 Å². The van der Waals surface area contributed by atoms with Crippen LogP contribution in [0.15, 0.2) is 194 Å². The molecule has 3 heterocycles. The quantitative estimate of drug-likeness (QED) is 0.170. The first kappa shape index (κ1) is 33.9. The molecule has 11 rings (SSSR count). The third-order valence-corrected chi connectivity index (χ3v) is 11.8. The summed E-state index contributed by atoms with van der Waals surface area (Å²) in [5.41, 5.74) is 17.3. The predicted molar refractivity (Wildman–Crippen MR) is 239 cm³/mol. The van der Waals surface area contributed by atoms with Gasteiger partial charge in [-0.05, 0) is 88.0 Å². The van der Waals surface area contributed by atoms with E-state index in [-0.39, 0.29) is 5.41 Å². The summed E-state index contributed by atoms with van der Waals surface area (Å²) in [7, 11) is 0. The molecule has 0 atom stereocenters. The zero-order valence-corrected chi connectivity index (χ0v) is 32.3. The van der Waals surface area contributed by atoms with Crippen molar-refractivity contribution in [2.75, 3.05) is 0 Å². The van der Waals surface area contributed by atoms with Crippen molar-refractivity contribution < 1.29 is 0 Å². The largest absolute Gasteiger partial charge is 0.309 e. The molecule has 0 saturated heterocycles. The highest BCUT2D eigenvalue weighted by Gasteiger charge is 2.35. The van der Waals surface area contributed by atoms with Crippen LogP contribution < -0.4 is 0 Å². The summed E-state index contributed by atoms with van der Waals surface area (Å²) >= 11 is 0. The molecule has 0 unspecified atom stereocenters. The third kappa shape index (κ3) is 5.56. The minimum Gasteiger partial charge on any atom is -0.309 e. The first-order chi connectivity index (χ1) is 28.5. The number of nitrogens with zero attached hydrogens (tertiary/aromatic N) is 4. The fraction of sp³-hybridized carbons (Fsp3) is 0.0556. The van der Waals surface area contributed by atoms with Gasteiger partial charge in [-0.15, -0.1) is 0 Å². The lowest BCUT2D eigenvalue weighted by atomic mass is 9.81. The van der Waals surface area contributed by atoms with Gasteiger partial charge in [0, 0.05) is 38.6 Å². The van der Waals surface area contributed by atoms with Crippen molar-refractivity contribution in [1.29, 1.82) is 0 Å². The Balaban J connectivity index is 1.11. The summed E-state index contributed by atoms with van der Waals surface area (Å²) in [5, 5.41) is 2.46. The van der Waals surface area contributed by atoms with Crippen molar-refractivity contribution >= 4 is 21.8 Å². The molecule has 1 aliphatic rings. The van der Waals surface area contributed by atoms with Crippen LogP contribution >= 0.6 is 0 Å². The minimum absolute atomic E-state index is 0.111. The summed E-state index contributed by atoms with van der Waals surface area (Å²) < 4.78 is 2.40. The maximum absolute atomic E-state index is 5.37. The van der Waals surface area contributed by atoms with Crippen LogP contribution in [0.4, 0.5) is 0 Å². The molecule has 0 bridgehead atoms. The van der Waals surface area contributed by atoms with Crippen molar-refractivity contribution in [3.63, 3.8) is 0 Å². The molecule has 7 aromatic carbocycles. The Labute approximate surface area is 337 Å². The van der Waals surface area contributed by atoms with Gasteiger partial charge in [-0.25, -0.2) is 15.0 Å². The van der Waals surface area contributed by atoms with Gasteiger partial charge >= 0.3 is 0 Å². The maximum atomic E-state index is 5.37. The average Bonchev–Trinajstić information content (AvgIpc) is 3.75. The molecule has 0 aliphatic heterocycles. The Bertz CT molecular complexity index is 3080. The standard InChI is InChI=1S/C54H38N4/c1-54(2)45-23-12-9-20-41(45)42-29-28-37(33-46(42)54)38-30-39(32-40(31-38)58-51-26-13-10-21-43(51)44-22-11-14-27-52(44)58)47-24-15-25-48(55-47)50-34-49(35-16-5-3-6-17-35)56-53(57-50)36-18-7-4-8-19-36/h3-34H,1-2H3. The zero-order chi connectivity index (χ0) is 38.8. The first-order valence-corrected chi connectivity index (χ1v) is 19.9. The summed E-state index contributed by atoms with van der Waals surface area (Å²) in [5.74, 6) is 0.668. The molecule has 1 aliphatic carbocycles. The van der Waals surface area contributed by atoms with Gasteiger partial charge in [0.25, 0.3) is 0 Å². The second kappa shape index (κ2) is 13.4. The number of hydrogen-bond acceptors (Lipinski definition) is 3. The van der Waals surface area contributed by atoms with Crippen LogP contribution in [-0.2, 0) is 5.41 Å². The van der Waals surface area contributed by atoms with Gasteiger partial charge in [-0.3, -0.25) is 0 Å². The first-order valence-electron chi connectivity index (χ1n) is 19.9. The Morgan fingerprint density at radius 1 is 0.362 bits per heavy atom. The molecule has 0 fully saturated rings. The zero-order valence-electron chi connectivity index (χ0n) is 32.3. The fourth-order valence-electron chi connectivity index (χ4n) is 8.93. The van der Waals surface area contributed by atoms with Crippen LogP contribution in [0.25, 0.3) is 95.0 Å². The van der Waals surface area contributed by atoms with E-state index in [0.29, 0.717) is 5.82 Å². The lowest BCUT2D eigenvalue weighted by molar-refractivity contribution is 0.660. The van der Waals surface area contributed by atoms with Gasteiger partial charge in [0.1, 0.15) is 0 Å². The highest BCUT2D eigenvalue weighted by Crippen LogP contribution is 2.50. The Kier molecular flexibility index (Phi) is 7.80. The Morgan fingerprint density at radius 2 is 0.966 bits per heavy atom. The van der Waals surface area contributed by atoms with Crippen molar-refractivity contribution in [3.05, 3.63) is 205 Å². The molecule has 4 heteroatoms. The van der Waals surface area contributed by atoms with E-state index in [2.05, 4.69) is 170 Å². The molecule has 274 valence electrons. The van der Waals surface area contributed by atoms with E-state index in [1.165, 1.54) is 49.6 Å². The Morgan fingerprint density at radius 3 is 1.72 bits per heavy atom. The summed E-state index contributed by atoms with van der Waals surface area (Å²) in [6.07, 6.45) is 0. The van der Waals surface area contributed by atoms with E-state index in [9.17, 15) is 0 Å². The van der Waals surface area contributed by atoms with Crippen molar-refractivity contribution in [2.45, 2.75) is 19.3 Å². The van der Waals surface area contributed by atoms with E-state index in [1.807, 2.05) is 42.5 Å². The molecule has 0 saturated carbocycles. The van der Waals surface area contributed by atoms with Crippen LogP contribution in [0.1, 0.15) is 25.0 Å². The van der Waals surface area contributed by atoms with Crippen molar-refractivity contribution in [1.82, 2.24) is 19.5 Å². The van der Waals surface area contributed by atoms with Gasteiger partial charge < -0.3 is 4.57 Å². The van der Waals surface area contributed by atoms with Crippen LogP contribution in [-0.4, -0.2) is 19.5 Å². The van der Waals surface area contributed by atoms with Crippen LogP contribution in [0.3, 0.4) is 0 Å².